The van der Waals surface area contributed by atoms with Crippen molar-refractivity contribution in [2.24, 2.45) is 0 Å². The molecule has 9 heteroatoms. The van der Waals surface area contributed by atoms with Gasteiger partial charge in [-0.2, -0.15) is 15.2 Å². The molecular weight excluding hydrogens is 435 g/mol. The zero-order chi connectivity index (χ0) is 23.8. The fraction of sp³-hybridized carbons (Fsp3) is 0.200. The van der Waals surface area contributed by atoms with Crippen LogP contribution in [0.1, 0.15) is 5.56 Å². The van der Waals surface area contributed by atoms with Gasteiger partial charge in [-0.25, -0.2) is 4.39 Å². The Bertz CT molecular complexity index is 1520. The summed E-state index contributed by atoms with van der Waals surface area (Å²) in [7, 11) is 1.42. The van der Waals surface area contributed by atoms with E-state index in [0.717, 1.165) is 0 Å². The molecule has 1 N–H and O–H groups in total. The molecule has 168 valence electrons. The summed E-state index contributed by atoms with van der Waals surface area (Å²) in [5, 5.41) is 20.8. The van der Waals surface area contributed by atoms with E-state index in [2.05, 4.69) is 27.1 Å². The number of aromatic hydroxyl groups is 1. The van der Waals surface area contributed by atoms with Crippen LogP contribution < -0.4 is 9.64 Å². The second-order valence-corrected chi connectivity index (χ2v) is 7.83. The molecule has 1 aliphatic heterocycles. The molecule has 1 fully saturated rings. The summed E-state index contributed by atoms with van der Waals surface area (Å²) < 4.78 is 21.3. The molecule has 0 radical (unpaired) electrons. The smallest absolute Gasteiger partial charge is 0.318 e. The third-order valence-electron chi connectivity index (χ3n) is 5.94. The largest absolute Gasteiger partial charge is 0.508 e. The average Bonchev–Trinajstić information content (AvgIpc) is 2.88. The first kappa shape index (κ1) is 21.2. The van der Waals surface area contributed by atoms with Gasteiger partial charge in [0.05, 0.1) is 12.5 Å². The number of benzene rings is 2. The maximum absolute atomic E-state index is 16.1. The molecule has 8 nitrogen and oxygen atoms in total. The van der Waals surface area contributed by atoms with Gasteiger partial charge in [0.2, 0.25) is 0 Å². The van der Waals surface area contributed by atoms with E-state index in [1.807, 2.05) is 4.90 Å². The van der Waals surface area contributed by atoms with E-state index in [4.69, 9.17) is 16.4 Å². The molecular formula is C25H19FN6O2. The first-order valence-corrected chi connectivity index (χ1v) is 10.6. The van der Waals surface area contributed by atoms with Crippen molar-refractivity contribution in [1.29, 1.82) is 5.26 Å². The van der Waals surface area contributed by atoms with Crippen LogP contribution in [0.5, 0.6) is 11.8 Å². The van der Waals surface area contributed by atoms with Gasteiger partial charge >= 0.3 is 6.01 Å². The number of rotatable bonds is 3. The van der Waals surface area contributed by atoms with Crippen LogP contribution in [0.15, 0.2) is 36.5 Å². The topological polar surface area (TPSA) is 98.4 Å². The first-order chi connectivity index (χ1) is 16.5. The van der Waals surface area contributed by atoms with Gasteiger partial charge in [-0.1, -0.05) is 12.0 Å². The van der Waals surface area contributed by atoms with Crippen molar-refractivity contribution >= 4 is 27.5 Å². The lowest BCUT2D eigenvalue weighted by molar-refractivity contribution is 0.358. The summed E-state index contributed by atoms with van der Waals surface area (Å²) in [5.74, 6) is 2.55. The van der Waals surface area contributed by atoms with Gasteiger partial charge < -0.3 is 19.6 Å². The van der Waals surface area contributed by atoms with E-state index in [9.17, 15) is 5.11 Å². The van der Waals surface area contributed by atoms with Crippen molar-refractivity contribution in [2.75, 3.05) is 38.2 Å². The second-order valence-electron chi connectivity index (χ2n) is 7.83. The highest BCUT2D eigenvalue weighted by atomic mass is 19.1. The first-order valence-electron chi connectivity index (χ1n) is 10.6. The number of terminal acetylenes is 1. The Balaban J connectivity index is 1.73. The third kappa shape index (κ3) is 3.44. The number of hydrogen-bond donors (Lipinski definition) is 1. The lowest BCUT2D eigenvalue weighted by Crippen LogP contribution is -2.44. The normalized spacial score (nSPS) is 13.6. The molecule has 0 amide bonds. The van der Waals surface area contributed by atoms with Gasteiger partial charge in [0.15, 0.2) is 12.0 Å². The van der Waals surface area contributed by atoms with Gasteiger partial charge in [-0.05, 0) is 35.0 Å². The number of anilines is 1. The van der Waals surface area contributed by atoms with Crippen LogP contribution in [0.2, 0.25) is 0 Å². The van der Waals surface area contributed by atoms with Crippen LogP contribution in [-0.2, 0) is 0 Å². The number of phenols is 1. The van der Waals surface area contributed by atoms with Gasteiger partial charge in [0.1, 0.15) is 22.8 Å². The zero-order valence-electron chi connectivity index (χ0n) is 18.3. The third-order valence-corrected chi connectivity index (χ3v) is 5.94. The minimum absolute atomic E-state index is 0.0290. The minimum Gasteiger partial charge on any atom is -0.508 e. The molecule has 1 saturated heterocycles. The average molecular weight is 454 g/mol. The fourth-order valence-electron chi connectivity index (χ4n) is 4.24. The highest BCUT2D eigenvalue weighted by Crippen LogP contribution is 2.37. The Morgan fingerprint density at radius 1 is 1.12 bits per heavy atom. The van der Waals surface area contributed by atoms with Gasteiger partial charge in [0, 0.05) is 43.5 Å². The quantitative estimate of drug-likeness (QED) is 0.372. The summed E-state index contributed by atoms with van der Waals surface area (Å²) in [6, 6.07) is 8.30. The Kier molecular flexibility index (Phi) is 5.23. The number of nitriles is 1. The number of halogens is 1. The molecule has 34 heavy (non-hydrogen) atoms. The van der Waals surface area contributed by atoms with E-state index >= 15 is 4.39 Å². The van der Waals surface area contributed by atoms with Gasteiger partial charge in [-0.3, -0.25) is 4.98 Å². The van der Waals surface area contributed by atoms with Crippen LogP contribution in [0.4, 0.5) is 10.2 Å². The number of hydrogen-bond acceptors (Lipinski definition) is 8. The Morgan fingerprint density at radius 3 is 2.62 bits per heavy atom. The summed E-state index contributed by atoms with van der Waals surface area (Å²) in [6.45, 7) is 2.15. The lowest BCUT2D eigenvalue weighted by atomic mass is 9.95. The van der Waals surface area contributed by atoms with E-state index in [0.29, 0.717) is 59.3 Å². The highest BCUT2D eigenvalue weighted by Gasteiger charge is 2.25. The maximum Gasteiger partial charge on any atom is 0.318 e. The van der Waals surface area contributed by atoms with Crippen molar-refractivity contribution in [3.8, 4) is 41.6 Å². The van der Waals surface area contributed by atoms with Crippen LogP contribution >= 0.6 is 0 Å². The highest BCUT2D eigenvalue weighted by molar-refractivity contribution is 6.01. The summed E-state index contributed by atoms with van der Waals surface area (Å²) in [4.78, 5) is 16.8. The summed E-state index contributed by atoms with van der Waals surface area (Å²) in [6.07, 6.45) is 9.42. The molecule has 2 aromatic carbocycles. The Labute approximate surface area is 194 Å². The predicted octanol–water partition coefficient (Wildman–Crippen LogP) is 3.28. The van der Waals surface area contributed by atoms with Crippen molar-refractivity contribution in [1.82, 2.24) is 19.9 Å². The van der Waals surface area contributed by atoms with E-state index in [1.54, 1.807) is 35.4 Å². The number of fused-ring (bicyclic) bond motifs is 2. The van der Waals surface area contributed by atoms with E-state index in [-0.39, 0.29) is 23.0 Å². The number of ether oxygens (including phenoxy) is 1. The number of pyridine rings is 1. The molecule has 4 aromatic rings. The molecule has 3 heterocycles. The van der Waals surface area contributed by atoms with Crippen molar-refractivity contribution < 1.29 is 14.2 Å². The van der Waals surface area contributed by atoms with Crippen LogP contribution in [0.25, 0.3) is 32.9 Å². The molecule has 5 rings (SSSR count). The molecule has 0 atom stereocenters. The molecule has 2 aromatic heterocycles. The maximum atomic E-state index is 16.1. The minimum atomic E-state index is -0.646. The molecule has 0 aliphatic carbocycles. The lowest BCUT2D eigenvalue weighted by Gasteiger charge is -2.33. The Hall–Kier alpha value is -4.63. The summed E-state index contributed by atoms with van der Waals surface area (Å²) >= 11 is 0. The molecule has 0 unspecified atom stereocenters. The van der Waals surface area contributed by atoms with Crippen LogP contribution in [0, 0.1) is 29.6 Å². The summed E-state index contributed by atoms with van der Waals surface area (Å²) in [5.41, 5.74) is 1.03. The standard InChI is InChI=1S/C25H19FN6O2/c1-3-15-4-5-16-12-17(33)6-7-18(16)20(15)23-21(26)22-19(13-28-23)24(30-25(29-22)34-2)32-10-8-31(14-27)9-11-32/h1,4-7,12-13,33H,8-11H2,2H3. The molecule has 1 aliphatic rings. The zero-order valence-corrected chi connectivity index (χ0v) is 18.3. The van der Waals surface area contributed by atoms with Crippen LogP contribution in [0.3, 0.4) is 0 Å². The molecule has 0 bridgehead atoms. The monoisotopic (exact) mass is 454 g/mol. The van der Waals surface area contributed by atoms with Crippen LogP contribution in [-0.4, -0.2) is 58.2 Å². The molecule has 0 saturated carbocycles. The Morgan fingerprint density at radius 2 is 1.91 bits per heavy atom. The van der Waals surface area contributed by atoms with Crippen molar-refractivity contribution in [3.63, 3.8) is 0 Å². The second kappa shape index (κ2) is 8.38. The molecule has 0 spiro atoms. The van der Waals surface area contributed by atoms with Gasteiger partial charge in [0.25, 0.3) is 0 Å². The fourth-order valence-corrected chi connectivity index (χ4v) is 4.24. The number of piperazine rings is 1. The SMILES string of the molecule is C#Cc1ccc2cc(O)ccc2c1-c1ncc2c(N3CCN(C#N)CC3)nc(OC)nc2c1F. The van der Waals surface area contributed by atoms with Gasteiger partial charge in [-0.15, -0.1) is 6.42 Å². The number of phenolic OH excluding ortho intramolecular Hbond substituents is 1. The van der Waals surface area contributed by atoms with Crippen molar-refractivity contribution in [2.45, 2.75) is 0 Å². The van der Waals surface area contributed by atoms with Crippen molar-refractivity contribution in [3.05, 3.63) is 47.9 Å². The van der Waals surface area contributed by atoms with E-state index < -0.39 is 5.82 Å². The predicted molar refractivity (Wildman–Crippen MR) is 126 cm³/mol. The number of aromatic nitrogens is 3. The number of nitrogens with zero attached hydrogens (tertiary/aromatic N) is 6. The van der Waals surface area contributed by atoms with E-state index in [1.165, 1.54) is 13.2 Å². The number of methoxy groups -OCH3 is 1.